The highest BCUT2D eigenvalue weighted by atomic mass is 32.1. The second-order valence-corrected chi connectivity index (χ2v) is 6.88. The summed E-state index contributed by atoms with van der Waals surface area (Å²) in [5.41, 5.74) is 9.15. The zero-order valence-electron chi connectivity index (χ0n) is 14.4. The van der Waals surface area contributed by atoms with Gasteiger partial charge in [0.05, 0.1) is 11.4 Å². The Morgan fingerprint density at radius 2 is 1.79 bits per heavy atom. The smallest absolute Gasteiger partial charge is 0.279 e. The molecule has 5 nitrogen and oxygen atoms in total. The van der Waals surface area contributed by atoms with Crippen molar-refractivity contribution < 1.29 is 9.59 Å². The molecule has 1 heterocycles. The summed E-state index contributed by atoms with van der Waals surface area (Å²) >= 11 is 1.45. The van der Waals surface area contributed by atoms with Gasteiger partial charge in [-0.05, 0) is 50.5 Å². The number of amides is 2. The molecule has 0 atom stereocenters. The maximum absolute atomic E-state index is 12.1. The molecule has 128 valence electrons. The van der Waals surface area contributed by atoms with Crippen LogP contribution in [0.1, 0.15) is 38.2 Å². The number of carbonyl (C=O) groups is 2. The van der Waals surface area contributed by atoms with Crippen LogP contribution in [-0.2, 0) is 11.2 Å². The minimum atomic E-state index is -0.299. The molecule has 2 aromatic rings. The lowest BCUT2D eigenvalue weighted by molar-refractivity contribution is -0.120. The van der Waals surface area contributed by atoms with E-state index in [1.165, 1.54) is 21.8 Å². The normalized spacial score (nSPS) is 10.3. The van der Waals surface area contributed by atoms with Crippen molar-refractivity contribution in [3.05, 3.63) is 50.7 Å². The van der Waals surface area contributed by atoms with Gasteiger partial charge < -0.3 is 5.32 Å². The van der Waals surface area contributed by atoms with Crippen LogP contribution in [0.4, 0.5) is 5.69 Å². The first kappa shape index (κ1) is 18.0. The molecule has 0 saturated carbocycles. The SMILES string of the molecule is CCc1sc(C(=O)NNC(=O)CNc2ccc(C)cc2C)cc1C. The van der Waals surface area contributed by atoms with Gasteiger partial charge in [0.15, 0.2) is 0 Å². The van der Waals surface area contributed by atoms with E-state index in [1.807, 2.05) is 45.0 Å². The molecule has 0 unspecified atom stereocenters. The average Bonchev–Trinajstić information content (AvgIpc) is 2.92. The van der Waals surface area contributed by atoms with Gasteiger partial charge in [0.25, 0.3) is 11.8 Å². The largest absolute Gasteiger partial charge is 0.376 e. The zero-order valence-corrected chi connectivity index (χ0v) is 15.3. The van der Waals surface area contributed by atoms with Gasteiger partial charge in [0.1, 0.15) is 0 Å². The Kier molecular flexibility index (Phi) is 5.98. The lowest BCUT2D eigenvalue weighted by Crippen LogP contribution is -2.43. The second-order valence-electron chi connectivity index (χ2n) is 5.74. The van der Waals surface area contributed by atoms with Gasteiger partial charge in [-0.2, -0.15) is 0 Å². The number of benzene rings is 1. The number of hydrazine groups is 1. The molecule has 0 aliphatic rings. The first-order valence-corrected chi connectivity index (χ1v) is 8.72. The third-order valence-electron chi connectivity index (χ3n) is 3.70. The van der Waals surface area contributed by atoms with Crippen LogP contribution in [0, 0.1) is 20.8 Å². The maximum Gasteiger partial charge on any atom is 0.279 e. The van der Waals surface area contributed by atoms with Crippen molar-refractivity contribution in [1.82, 2.24) is 10.9 Å². The van der Waals surface area contributed by atoms with Crippen LogP contribution < -0.4 is 16.2 Å². The van der Waals surface area contributed by atoms with Crippen LogP contribution in [0.15, 0.2) is 24.3 Å². The number of nitrogens with one attached hydrogen (secondary N) is 3. The van der Waals surface area contributed by atoms with Crippen LogP contribution in [0.25, 0.3) is 0 Å². The number of anilines is 1. The van der Waals surface area contributed by atoms with Crippen molar-refractivity contribution in [2.45, 2.75) is 34.1 Å². The van der Waals surface area contributed by atoms with Gasteiger partial charge in [-0.1, -0.05) is 24.6 Å². The number of hydrogen-bond acceptors (Lipinski definition) is 4. The summed E-state index contributed by atoms with van der Waals surface area (Å²) in [7, 11) is 0. The van der Waals surface area contributed by atoms with Crippen LogP contribution in [0.3, 0.4) is 0 Å². The van der Waals surface area contributed by atoms with E-state index < -0.39 is 0 Å². The Morgan fingerprint density at radius 1 is 1.04 bits per heavy atom. The summed E-state index contributed by atoms with van der Waals surface area (Å²) in [6.07, 6.45) is 0.899. The molecule has 24 heavy (non-hydrogen) atoms. The minimum Gasteiger partial charge on any atom is -0.376 e. The number of aryl methyl sites for hydroxylation is 4. The van der Waals surface area contributed by atoms with E-state index in [2.05, 4.69) is 23.1 Å². The van der Waals surface area contributed by atoms with E-state index in [4.69, 9.17) is 0 Å². The third-order valence-corrected chi connectivity index (χ3v) is 5.08. The lowest BCUT2D eigenvalue weighted by atomic mass is 10.1. The van der Waals surface area contributed by atoms with Crippen molar-refractivity contribution in [2.75, 3.05) is 11.9 Å². The lowest BCUT2D eigenvalue weighted by Gasteiger charge is -2.11. The molecular weight excluding hydrogens is 322 g/mol. The summed E-state index contributed by atoms with van der Waals surface area (Å²) in [5.74, 6) is -0.588. The monoisotopic (exact) mass is 345 g/mol. The topological polar surface area (TPSA) is 70.2 Å². The Bertz CT molecular complexity index is 753. The summed E-state index contributed by atoms with van der Waals surface area (Å²) in [5, 5.41) is 3.07. The van der Waals surface area contributed by atoms with Gasteiger partial charge in [0.2, 0.25) is 0 Å². The van der Waals surface area contributed by atoms with Crippen LogP contribution >= 0.6 is 11.3 Å². The predicted octanol–water partition coefficient (Wildman–Crippen LogP) is 3.11. The van der Waals surface area contributed by atoms with E-state index in [0.29, 0.717) is 4.88 Å². The number of rotatable bonds is 5. The molecular formula is C18H23N3O2S. The fraction of sp³-hybridized carbons (Fsp3) is 0.333. The molecule has 0 spiro atoms. The van der Waals surface area contributed by atoms with E-state index in [1.54, 1.807) is 0 Å². The summed E-state index contributed by atoms with van der Waals surface area (Å²) in [4.78, 5) is 25.7. The summed E-state index contributed by atoms with van der Waals surface area (Å²) < 4.78 is 0. The predicted molar refractivity (Wildman–Crippen MR) is 98.4 cm³/mol. The van der Waals surface area contributed by atoms with Crippen molar-refractivity contribution in [1.29, 1.82) is 0 Å². The Balaban J connectivity index is 1.83. The highest BCUT2D eigenvalue weighted by Crippen LogP contribution is 2.22. The van der Waals surface area contributed by atoms with Crippen LogP contribution in [-0.4, -0.2) is 18.4 Å². The van der Waals surface area contributed by atoms with Gasteiger partial charge in [0, 0.05) is 10.6 Å². The second kappa shape index (κ2) is 7.97. The number of hydrogen-bond donors (Lipinski definition) is 3. The minimum absolute atomic E-state index is 0.0911. The van der Waals surface area contributed by atoms with Gasteiger partial charge in [-0.25, -0.2) is 0 Å². The quantitative estimate of drug-likeness (QED) is 0.729. The first-order valence-electron chi connectivity index (χ1n) is 7.90. The van der Waals surface area contributed by atoms with Crippen molar-refractivity contribution >= 4 is 28.8 Å². The van der Waals surface area contributed by atoms with Crippen molar-refractivity contribution in [3.63, 3.8) is 0 Å². The Morgan fingerprint density at radius 3 is 2.42 bits per heavy atom. The summed E-state index contributed by atoms with van der Waals surface area (Å²) in [6.45, 7) is 8.14. The van der Waals surface area contributed by atoms with E-state index in [9.17, 15) is 9.59 Å². The van der Waals surface area contributed by atoms with Crippen molar-refractivity contribution in [2.24, 2.45) is 0 Å². The van der Waals surface area contributed by atoms with E-state index >= 15 is 0 Å². The van der Waals surface area contributed by atoms with E-state index in [-0.39, 0.29) is 18.4 Å². The molecule has 0 aliphatic carbocycles. The Hall–Kier alpha value is -2.34. The molecule has 0 aliphatic heterocycles. The molecule has 0 bridgehead atoms. The van der Waals surface area contributed by atoms with Crippen LogP contribution in [0.5, 0.6) is 0 Å². The van der Waals surface area contributed by atoms with Gasteiger partial charge in [-0.15, -0.1) is 11.3 Å². The third kappa shape index (κ3) is 4.58. The molecule has 1 aromatic carbocycles. The number of thiophene rings is 1. The standard InChI is InChI=1S/C18H23N3O2S/c1-5-15-13(4)9-16(24-15)18(23)21-20-17(22)10-19-14-7-6-11(2)8-12(14)3/h6-9,19H,5,10H2,1-4H3,(H,20,22)(H,21,23). The Labute approximate surface area is 146 Å². The molecule has 1 aromatic heterocycles. The molecule has 2 rings (SSSR count). The highest BCUT2D eigenvalue weighted by Gasteiger charge is 2.12. The fourth-order valence-electron chi connectivity index (χ4n) is 2.40. The van der Waals surface area contributed by atoms with Crippen LogP contribution in [0.2, 0.25) is 0 Å². The summed E-state index contributed by atoms with van der Waals surface area (Å²) in [6, 6.07) is 7.82. The molecule has 2 amide bonds. The van der Waals surface area contributed by atoms with E-state index in [0.717, 1.165) is 23.2 Å². The molecule has 3 N–H and O–H groups in total. The highest BCUT2D eigenvalue weighted by molar-refractivity contribution is 7.14. The average molecular weight is 345 g/mol. The molecule has 6 heteroatoms. The molecule has 0 saturated heterocycles. The molecule has 0 fully saturated rings. The number of carbonyl (C=O) groups excluding carboxylic acids is 2. The first-order chi connectivity index (χ1) is 11.4. The zero-order chi connectivity index (χ0) is 17.7. The molecule has 0 radical (unpaired) electrons. The maximum atomic E-state index is 12.1. The fourth-order valence-corrected chi connectivity index (χ4v) is 3.41. The van der Waals surface area contributed by atoms with Gasteiger partial charge in [-0.3, -0.25) is 20.4 Å². The van der Waals surface area contributed by atoms with Gasteiger partial charge >= 0.3 is 0 Å². The van der Waals surface area contributed by atoms with Crippen molar-refractivity contribution in [3.8, 4) is 0 Å².